The topological polar surface area (TPSA) is 98.7 Å². The van der Waals surface area contributed by atoms with Gasteiger partial charge in [-0.15, -0.1) is 0 Å². The van der Waals surface area contributed by atoms with Crippen LogP contribution in [-0.2, 0) is 11.4 Å². The molecule has 0 aliphatic heterocycles. The maximum atomic E-state index is 14.1. The number of carboxylic acid groups (broad SMARTS) is 1. The average molecular weight is 605 g/mol. The number of benzene rings is 4. The fourth-order valence-corrected chi connectivity index (χ4v) is 5.67. The van der Waals surface area contributed by atoms with Crippen molar-refractivity contribution in [1.29, 1.82) is 0 Å². The summed E-state index contributed by atoms with van der Waals surface area (Å²) in [5.41, 5.74) is 5.12. The number of aliphatic carboxylic acids is 1. The first-order chi connectivity index (χ1) is 21.4. The number of thiazole rings is 1. The lowest BCUT2D eigenvalue weighted by atomic mass is 10.1. The second kappa shape index (κ2) is 12.3. The molecule has 0 atom stereocenters. The maximum absolute atomic E-state index is 14.1. The summed E-state index contributed by atoms with van der Waals surface area (Å²) in [6.45, 7) is 1.19. The quantitative estimate of drug-likeness (QED) is 0.246. The molecule has 10 heteroatoms. The summed E-state index contributed by atoms with van der Waals surface area (Å²) >= 11 is 1.35. The molecule has 0 saturated carbocycles. The highest BCUT2D eigenvalue weighted by Gasteiger charge is 2.15. The second-order valence-corrected chi connectivity index (χ2v) is 10.8. The molecule has 0 amide bonds. The molecule has 0 unspecified atom stereocenters. The number of hydrogen-bond donors (Lipinski definition) is 1. The van der Waals surface area contributed by atoms with Crippen molar-refractivity contribution >= 4 is 39.4 Å². The zero-order valence-electron chi connectivity index (χ0n) is 23.4. The van der Waals surface area contributed by atoms with Gasteiger partial charge in [-0.05, 0) is 48.5 Å². The standard InChI is InChI=1S/C32H21FN4O2S.C2H4O2/c33-26-14-5-4-9-22(26)20-39-25-13-8-10-21(17-25)30-23(19-36(35-30)24-11-2-1-3-12-24)18-29-31(38)37-28-16-7-6-15-27(28)34-32(37)40-29;1-2(3)4/h1-19H,20H2;1H3,(H,3,4)/b29-18-;. The monoisotopic (exact) mass is 604 g/mol. The highest BCUT2D eigenvalue weighted by Crippen LogP contribution is 2.28. The molecule has 3 heterocycles. The smallest absolute Gasteiger partial charge is 0.300 e. The first-order valence-corrected chi connectivity index (χ1v) is 14.4. The van der Waals surface area contributed by atoms with E-state index in [0.29, 0.717) is 26.5 Å². The van der Waals surface area contributed by atoms with Gasteiger partial charge in [-0.2, -0.15) is 5.10 Å². The number of fused-ring (bicyclic) bond motifs is 3. The van der Waals surface area contributed by atoms with E-state index < -0.39 is 5.97 Å². The minimum Gasteiger partial charge on any atom is -0.489 e. The van der Waals surface area contributed by atoms with E-state index in [1.807, 2.05) is 91.1 Å². The van der Waals surface area contributed by atoms with Gasteiger partial charge >= 0.3 is 0 Å². The zero-order valence-corrected chi connectivity index (χ0v) is 24.2. The first kappa shape index (κ1) is 28.5. The highest BCUT2D eigenvalue weighted by atomic mass is 32.1. The Kier molecular flexibility index (Phi) is 7.98. The van der Waals surface area contributed by atoms with Gasteiger partial charge in [0.2, 0.25) is 0 Å². The molecule has 218 valence electrons. The number of hydrogen-bond acceptors (Lipinski definition) is 6. The van der Waals surface area contributed by atoms with Crippen molar-refractivity contribution in [2.24, 2.45) is 0 Å². The van der Waals surface area contributed by atoms with E-state index in [1.54, 1.807) is 27.3 Å². The van der Waals surface area contributed by atoms with Gasteiger partial charge in [0.25, 0.3) is 11.5 Å². The highest BCUT2D eigenvalue weighted by molar-refractivity contribution is 7.15. The molecule has 0 saturated heterocycles. The molecule has 0 spiro atoms. The van der Waals surface area contributed by atoms with Gasteiger partial charge in [0.05, 0.1) is 21.3 Å². The van der Waals surface area contributed by atoms with E-state index in [-0.39, 0.29) is 18.0 Å². The lowest BCUT2D eigenvalue weighted by Gasteiger charge is -2.08. The molecule has 0 aliphatic rings. The number of rotatable bonds is 6. The number of carbonyl (C=O) groups is 1. The summed E-state index contributed by atoms with van der Waals surface area (Å²) in [6, 6.07) is 31.5. The van der Waals surface area contributed by atoms with Crippen molar-refractivity contribution in [3.63, 3.8) is 0 Å². The Morgan fingerprint density at radius 3 is 2.50 bits per heavy atom. The molecular formula is C34H25FN4O4S. The van der Waals surface area contributed by atoms with Gasteiger partial charge < -0.3 is 9.84 Å². The third-order valence-corrected chi connectivity index (χ3v) is 7.62. The maximum Gasteiger partial charge on any atom is 0.300 e. The molecule has 1 N–H and O–H groups in total. The number of aromatic nitrogens is 4. The number of nitrogens with zero attached hydrogens (tertiary/aromatic N) is 4. The van der Waals surface area contributed by atoms with Crippen LogP contribution in [0.15, 0.2) is 114 Å². The van der Waals surface area contributed by atoms with Crippen LogP contribution in [0.5, 0.6) is 5.75 Å². The Labute approximate surface area is 254 Å². The van der Waals surface area contributed by atoms with E-state index in [0.717, 1.165) is 34.8 Å². The van der Waals surface area contributed by atoms with Crippen LogP contribution in [0.1, 0.15) is 18.1 Å². The number of para-hydroxylation sites is 3. The van der Waals surface area contributed by atoms with Crippen molar-refractivity contribution < 1.29 is 19.0 Å². The molecular weight excluding hydrogens is 579 g/mol. The summed E-state index contributed by atoms with van der Waals surface area (Å²) in [5.74, 6) is -0.549. The Morgan fingerprint density at radius 1 is 0.977 bits per heavy atom. The fourth-order valence-electron chi connectivity index (χ4n) is 4.69. The summed E-state index contributed by atoms with van der Waals surface area (Å²) in [5, 5.41) is 12.3. The number of carboxylic acids is 1. The molecule has 7 rings (SSSR count). The molecule has 8 nitrogen and oxygen atoms in total. The van der Waals surface area contributed by atoms with Crippen LogP contribution in [0.2, 0.25) is 0 Å². The van der Waals surface area contributed by atoms with Crippen molar-refractivity contribution in [3.8, 4) is 22.7 Å². The third-order valence-electron chi connectivity index (χ3n) is 6.65. The van der Waals surface area contributed by atoms with Gasteiger partial charge in [0, 0.05) is 29.8 Å². The fraction of sp³-hybridized carbons (Fsp3) is 0.0588. The summed E-state index contributed by atoms with van der Waals surface area (Å²) in [7, 11) is 0. The van der Waals surface area contributed by atoms with E-state index in [2.05, 4.69) is 4.98 Å². The van der Waals surface area contributed by atoms with Crippen LogP contribution < -0.4 is 14.8 Å². The van der Waals surface area contributed by atoms with Gasteiger partial charge in [-0.1, -0.05) is 72.0 Å². The SMILES string of the molecule is CC(=O)O.O=c1/c(=C/c2cn(-c3ccccc3)nc2-c2cccc(OCc3ccccc3F)c2)sc2nc3ccccc3n12. The van der Waals surface area contributed by atoms with Crippen LogP contribution in [0.4, 0.5) is 4.39 Å². The largest absolute Gasteiger partial charge is 0.489 e. The Bertz CT molecular complexity index is 2220. The van der Waals surface area contributed by atoms with Crippen LogP contribution in [0.3, 0.4) is 0 Å². The summed E-state index contributed by atoms with van der Waals surface area (Å²) in [4.78, 5) is 27.7. The van der Waals surface area contributed by atoms with Gasteiger partial charge in [0.1, 0.15) is 23.9 Å². The zero-order chi connectivity index (χ0) is 30.6. The van der Waals surface area contributed by atoms with Crippen molar-refractivity contribution in [2.75, 3.05) is 0 Å². The molecule has 44 heavy (non-hydrogen) atoms. The lowest BCUT2D eigenvalue weighted by Crippen LogP contribution is -2.22. The van der Waals surface area contributed by atoms with Gasteiger partial charge in [0.15, 0.2) is 4.96 Å². The van der Waals surface area contributed by atoms with Gasteiger partial charge in [-0.3, -0.25) is 9.59 Å². The summed E-state index contributed by atoms with van der Waals surface area (Å²) < 4.78 is 24.1. The van der Waals surface area contributed by atoms with E-state index in [4.69, 9.17) is 19.7 Å². The number of ether oxygens (including phenoxy) is 1. The molecule has 0 fully saturated rings. The predicted molar refractivity (Wildman–Crippen MR) is 169 cm³/mol. The van der Waals surface area contributed by atoms with Crippen LogP contribution in [0.25, 0.3) is 39.0 Å². The molecule has 0 bridgehead atoms. The number of halogens is 1. The van der Waals surface area contributed by atoms with Crippen molar-refractivity contribution in [2.45, 2.75) is 13.5 Å². The van der Waals surface area contributed by atoms with Crippen molar-refractivity contribution in [3.05, 3.63) is 141 Å². The Morgan fingerprint density at radius 2 is 1.70 bits per heavy atom. The van der Waals surface area contributed by atoms with Gasteiger partial charge in [-0.25, -0.2) is 18.5 Å². The van der Waals surface area contributed by atoms with Crippen LogP contribution >= 0.6 is 11.3 Å². The van der Waals surface area contributed by atoms with Crippen LogP contribution in [-0.4, -0.2) is 30.2 Å². The van der Waals surface area contributed by atoms with E-state index >= 15 is 0 Å². The minimum absolute atomic E-state index is 0.107. The Balaban J connectivity index is 0.000000810. The van der Waals surface area contributed by atoms with Crippen LogP contribution in [0, 0.1) is 5.82 Å². The van der Waals surface area contributed by atoms with E-state index in [9.17, 15) is 9.18 Å². The molecule has 3 aromatic heterocycles. The Hall–Kier alpha value is -5.61. The normalized spacial score (nSPS) is 11.5. The second-order valence-electron chi connectivity index (χ2n) is 9.77. The average Bonchev–Trinajstić information content (AvgIpc) is 3.70. The molecule has 7 aromatic rings. The minimum atomic E-state index is -0.833. The van der Waals surface area contributed by atoms with Crippen molar-refractivity contribution in [1.82, 2.24) is 19.2 Å². The number of imidazole rings is 1. The van der Waals surface area contributed by atoms with E-state index in [1.165, 1.54) is 17.4 Å². The molecule has 0 radical (unpaired) electrons. The first-order valence-electron chi connectivity index (χ1n) is 13.6. The lowest BCUT2D eigenvalue weighted by molar-refractivity contribution is -0.134. The molecule has 4 aromatic carbocycles. The predicted octanol–water partition coefficient (Wildman–Crippen LogP) is 6.12. The summed E-state index contributed by atoms with van der Waals surface area (Å²) in [6.07, 6.45) is 3.78. The third kappa shape index (κ3) is 5.97. The molecule has 0 aliphatic carbocycles.